The van der Waals surface area contributed by atoms with E-state index >= 15 is 0 Å². The Bertz CT molecular complexity index is 369. The molecule has 0 aromatic carbocycles. The minimum Gasteiger partial charge on any atom is -0.314 e. The maximum atomic E-state index is 4.47. The van der Waals surface area contributed by atoms with Gasteiger partial charge in [0.2, 0.25) is 0 Å². The van der Waals surface area contributed by atoms with Gasteiger partial charge < -0.3 is 10.6 Å². The Balaban J connectivity index is 1.78. The summed E-state index contributed by atoms with van der Waals surface area (Å²) >= 11 is 1.80. The number of aryl methyl sites for hydroxylation is 1. The maximum absolute atomic E-state index is 4.47. The molecule has 19 heavy (non-hydrogen) atoms. The summed E-state index contributed by atoms with van der Waals surface area (Å²) < 4.78 is 0. The molecule has 1 aliphatic rings. The molecule has 1 aliphatic heterocycles. The van der Waals surface area contributed by atoms with Crippen LogP contribution in [0.3, 0.4) is 0 Å². The van der Waals surface area contributed by atoms with E-state index in [0.29, 0.717) is 18.1 Å². The number of nitrogens with one attached hydrogen (secondary N) is 2. The molecular formula is C15H27N3S. The van der Waals surface area contributed by atoms with E-state index in [2.05, 4.69) is 36.4 Å². The largest absolute Gasteiger partial charge is 0.314 e. The van der Waals surface area contributed by atoms with E-state index in [-0.39, 0.29) is 0 Å². The van der Waals surface area contributed by atoms with Crippen LogP contribution in [0.4, 0.5) is 0 Å². The average molecular weight is 281 g/mol. The molecule has 2 rings (SSSR count). The Labute approximate surface area is 121 Å². The summed E-state index contributed by atoms with van der Waals surface area (Å²) in [6.45, 7) is 7.82. The number of nitrogens with zero attached hydrogens (tertiary/aromatic N) is 1. The van der Waals surface area contributed by atoms with E-state index in [9.17, 15) is 0 Å². The van der Waals surface area contributed by atoms with Crippen molar-refractivity contribution in [1.29, 1.82) is 0 Å². The fourth-order valence-corrected chi connectivity index (χ4v) is 3.65. The molecule has 1 fully saturated rings. The van der Waals surface area contributed by atoms with Crippen LogP contribution in [0.25, 0.3) is 0 Å². The third kappa shape index (κ3) is 4.86. The SMILES string of the molecule is Cc1cnc(C(C)NC(C)CC2CCCCCN2)s1. The van der Waals surface area contributed by atoms with Crippen molar-refractivity contribution in [2.75, 3.05) is 6.54 Å². The Morgan fingerprint density at radius 3 is 3.00 bits per heavy atom. The summed E-state index contributed by atoms with van der Waals surface area (Å²) in [4.78, 5) is 5.76. The average Bonchev–Trinajstić information content (AvgIpc) is 2.64. The number of thiazole rings is 1. The highest BCUT2D eigenvalue weighted by Crippen LogP contribution is 2.20. The molecule has 1 saturated heterocycles. The van der Waals surface area contributed by atoms with Gasteiger partial charge in [0.05, 0.1) is 6.04 Å². The molecule has 0 aliphatic carbocycles. The summed E-state index contributed by atoms with van der Waals surface area (Å²) in [5.74, 6) is 0. The van der Waals surface area contributed by atoms with Crippen LogP contribution in [-0.4, -0.2) is 23.6 Å². The monoisotopic (exact) mass is 281 g/mol. The Morgan fingerprint density at radius 1 is 1.42 bits per heavy atom. The molecule has 2 heterocycles. The van der Waals surface area contributed by atoms with Crippen LogP contribution in [-0.2, 0) is 0 Å². The van der Waals surface area contributed by atoms with Crippen LogP contribution >= 0.6 is 11.3 Å². The van der Waals surface area contributed by atoms with Gasteiger partial charge in [0.25, 0.3) is 0 Å². The molecule has 0 spiro atoms. The van der Waals surface area contributed by atoms with Crippen LogP contribution in [0.5, 0.6) is 0 Å². The second kappa shape index (κ2) is 7.36. The van der Waals surface area contributed by atoms with Gasteiger partial charge in [-0.1, -0.05) is 12.8 Å². The first kappa shape index (κ1) is 14.9. The minimum atomic E-state index is 0.361. The predicted molar refractivity (Wildman–Crippen MR) is 82.7 cm³/mol. The van der Waals surface area contributed by atoms with Gasteiger partial charge in [-0.05, 0) is 46.6 Å². The highest BCUT2D eigenvalue weighted by molar-refractivity contribution is 7.11. The zero-order valence-electron chi connectivity index (χ0n) is 12.4. The molecule has 0 saturated carbocycles. The molecule has 4 heteroatoms. The Morgan fingerprint density at radius 2 is 2.26 bits per heavy atom. The molecule has 1 aromatic rings. The first-order chi connectivity index (χ1) is 9.15. The van der Waals surface area contributed by atoms with E-state index in [0.717, 1.165) is 0 Å². The number of hydrogen-bond acceptors (Lipinski definition) is 4. The number of aromatic nitrogens is 1. The molecular weight excluding hydrogens is 254 g/mol. The van der Waals surface area contributed by atoms with E-state index in [1.165, 1.54) is 48.5 Å². The maximum Gasteiger partial charge on any atom is 0.109 e. The van der Waals surface area contributed by atoms with Gasteiger partial charge in [-0.15, -0.1) is 11.3 Å². The second-order valence-electron chi connectivity index (χ2n) is 5.83. The van der Waals surface area contributed by atoms with Crippen molar-refractivity contribution >= 4 is 11.3 Å². The molecule has 3 nitrogen and oxygen atoms in total. The summed E-state index contributed by atoms with van der Waals surface area (Å²) in [5, 5.41) is 8.57. The summed E-state index contributed by atoms with van der Waals surface area (Å²) in [5.41, 5.74) is 0. The predicted octanol–water partition coefficient (Wildman–Crippen LogP) is 3.41. The van der Waals surface area contributed by atoms with Crippen LogP contribution in [0.2, 0.25) is 0 Å². The number of hydrogen-bond donors (Lipinski definition) is 2. The van der Waals surface area contributed by atoms with Crippen LogP contribution in [0.15, 0.2) is 6.20 Å². The standard InChI is InChI=1S/C15H27N3S/c1-11(9-14-7-5-4-6-8-16-14)18-13(3)15-17-10-12(2)19-15/h10-11,13-14,16,18H,4-9H2,1-3H3. The van der Waals surface area contributed by atoms with Crippen LogP contribution < -0.4 is 10.6 Å². The first-order valence-corrected chi connectivity index (χ1v) is 8.38. The van der Waals surface area contributed by atoms with Gasteiger partial charge in [-0.25, -0.2) is 4.98 Å². The van der Waals surface area contributed by atoms with Gasteiger partial charge >= 0.3 is 0 Å². The highest BCUT2D eigenvalue weighted by Gasteiger charge is 2.17. The molecule has 0 amide bonds. The van der Waals surface area contributed by atoms with E-state index in [4.69, 9.17) is 0 Å². The van der Waals surface area contributed by atoms with Crippen LogP contribution in [0.1, 0.15) is 61.9 Å². The highest BCUT2D eigenvalue weighted by atomic mass is 32.1. The molecule has 1 aromatic heterocycles. The fourth-order valence-electron chi connectivity index (χ4n) is 2.87. The lowest BCUT2D eigenvalue weighted by Crippen LogP contribution is -2.37. The summed E-state index contributed by atoms with van der Waals surface area (Å²) in [6, 6.07) is 1.59. The van der Waals surface area contributed by atoms with E-state index < -0.39 is 0 Å². The molecule has 3 unspecified atom stereocenters. The smallest absolute Gasteiger partial charge is 0.109 e. The van der Waals surface area contributed by atoms with E-state index in [1.54, 1.807) is 11.3 Å². The topological polar surface area (TPSA) is 37.0 Å². The molecule has 2 N–H and O–H groups in total. The van der Waals surface area contributed by atoms with Gasteiger partial charge in [-0.3, -0.25) is 0 Å². The van der Waals surface area contributed by atoms with Crippen LogP contribution in [0, 0.1) is 6.92 Å². The summed E-state index contributed by atoms with van der Waals surface area (Å²) in [6.07, 6.45) is 8.62. The zero-order valence-corrected chi connectivity index (χ0v) is 13.2. The molecule has 0 bridgehead atoms. The molecule has 0 radical (unpaired) electrons. The lowest BCUT2D eigenvalue weighted by atomic mass is 10.0. The molecule has 3 atom stereocenters. The first-order valence-electron chi connectivity index (χ1n) is 7.57. The van der Waals surface area contributed by atoms with Crippen molar-refractivity contribution in [2.45, 2.75) is 71.0 Å². The van der Waals surface area contributed by atoms with Crippen molar-refractivity contribution in [1.82, 2.24) is 15.6 Å². The minimum absolute atomic E-state index is 0.361. The zero-order chi connectivity index (χ0) is 13.7. The normalized spacial score (nSPS) is 23.8. The Hall–Kier alpha value is -0.450. The summed E-state index contributed by atoms with van der Waals surface area (Å²) in [7, 11) is 0. The lowest BCUT2D eigenvalue weighted by molar-refractivity contribution is 0.380. The van der Waals surface area contributed by atoms with Gasteiger partial charge in [0.15, 0.2) is 0 Å². The third-order valence-corrected chi connectivity index (χ3v) is 4.94. The third-order valence-electron chi connectivity index (χ3n) is 3.84. The van der Waals surface area contributed by atoms with E-state index in [1.807, 2.05) is 6.20 Å². The second-order valence-corrected chi connectivity index (χ2v) is 7.10. The lowest BCUT2D eigenvalue weighted by Gasteiger charge is -2.23. The van der Waals surface area contributed by atoms with Gasteiger partial charge in [0.1, 0.15) is 5.01 Å². The van der Waals surface area contributed by atoms with Crippen molar-refractivity contribution in [3.63, 3.8) is 0 Å². The number of rotatable bonds is 5. The quantitative estimate of drug-likeness (QED) is 0.868. The molecule has 108 valence electrons. The Kier molecular flexibility index (Phi) is 5.79. The van der Waals surface area contributed by atoms with Crippen molar-refractivity contribution in [2.24, 2.45) is 0 Å². The van der Waals surface area contributed by atoms with Crippen molar-refractivity contribution < 1.29 is 0 Å². The fraction of sp³-hybridized carbons (Fsp3) is 0.800. The van der Waals surface area contributed by atoms with Gasteiger partial charge in [0, 0.05) is 23.2 Å². The van der Waals surface area contributed by atoms with Crippen molar-refractivity contribution in [3.05, 3.63) is 16.1 Å². The van der Waals surface area contributed by atoms with Gasteiger partial charge in [-0.2, -0.15) is 0 Å². The van der Waals surface area contributed by atoms with Crippen molar-refractivity contribution in [3.8, 4) is 0 Å².